The van der Waals surface area contributed by atoms with Crippen LogP contribution in [0.5, 0.6) is 11.5 Å². The maximum atomic E-state index is 11.9. The molecule has 4 nitrogen and oxygen atoms in total. The van der Waals surface area contributed by atoms with E-state index in [1.165, 1.54) is 0 Å². The number of Topliss-reactive ketones (excluding diaryl/α,β-unsaturated/α-hetero) is 1. The van der Waals surface area contributed by atoms with Crippen molar-refractivity contribution in [3.8, 4) is 11.5 Å². The van der Waals surface area contributed by atoms with Crippen molar-refractivity contribution in [2.24, 2.45) is 0 Å². The van der Waals surface area contributed by atoms with Crippen molar-refractivity contribution >= 4 is 21.7 Å². The second kappa shape index (κ2) is 7.40. The van der Waals surface area contributed by atoms with Crippen LogP contribution in [0.4, 0.5) is 0 Å². The summed E-state index contributed by atoms with van der Waals surface area (Å²) in [5.74, 6) is 1.20. The van der Waals surface area contributed by atoms with Crippen LogP contribution >= 0.6 is 15.9 Å². The Morgan fingerprint density at radius 3 is 2.59 bits per heavy atom. The number of ketones is 1. The molecule has 116 valence electrons. The molecule has 1 aromatic heterocycles. The average molecular weight is 364 g/mol. The lowest BCUT2D eigenvalue weighted by Gasteiger charge is -2.13. The van der Waals surface area contributed by atoms with Gasteiger partial charge in [-0.2, -0.15) is 0 Å². The van der Waals surface area contributed by atoms with E-state index in [1.807, 2.05) is 26.0 Å². The standard InChI is InChI=1S/C17H18BrNO3/c1-11-6-14(15(20)8-18)17(21-3)7-16(11)22-10-13-5-4-12(2)19-9-13/h4-7,9H,8,10H2,1-3H3. The molecule has 0 fully saturated rings. The fraction of sp³-hybridized carbons (Fsp3) is 0.294. The molecule has 0 bridgehead atoms. The van der Waals surface area contributed by atoms with Crippen LogP contribution in [0.2, 0.25) is 0 Å². The number of carbonyl (C=O) groups excluding carboxylic acids is 1. The number of carbonyl (C=O) groups is 1. The summed E-state index contributed by atoms with van der Waals surface area (Å²) in [6.45, 7) is 4.27. The second-order valence-electron chi connectivity index (χ2n) is 4.97. The van der Waals surface area contributed by atoms with Crippen molar-refractivity contribution in [1.29, 1.82) is 0 Å². The highest BCUT2D eigenvalue weighted by Gasteiger charge is 2.14. The van der Waals surface area contributed by atoms with Crippen LogP contribution in [0.25, 0.3) is 0 Å². The minimum atomic E-state index is -0.0192. The molecular weight excluding hydrogens is 346 g/mol. The number of hydrogen-bond acceptors (Lipinski definition) is 4. The molecule has 1 aromatic carbocycles. The van der Waals surface area contributed by atoms with Gasteiger partial charge in [0.25, 0.3) is 0 Å². The minimum Gasteiger partial charge on any atom is -0.496 e. The van der Waals surface area contributed by atoms with Crippen molar-refractivity contribution in [1.82, 2.24) is 4.98 Å². The number of halogens is 1. The summed E-state index contributed by atoms with van der Waals surface area (Å²) >= 11 is 3.18. The minimum absolute atomic E-state index is 0.0192. The molecule has 0 aliphatic rings. The van der Waals surface area contributed by atoms with Gasteiger partial charge in [0.2, 0.25) is 0 Å². The summed E-state index contributed by atoms with van der Waals surface area (Å²) in [5, 5.41) is 0.262. The summed E-state index contributed by atoms with van der Waals surface area (Å²) in [7, 11) is 1.54. The third kappa shape index (κ3) is 3.85. The van der Waals surface area contributed by atoms with Crippen molar-refractivity contribution in [2.75, 3.05) is 12.4 Å². The van der Waals surface area contributed by atoms with Gasteiger partial charge in [-0.25, -0.2) is 0 Å². The van der Waals surface area contributed by atoms with Gasteiger partial charge in [-0.1, -0.05) is 22.0 Å². The molecule has 0 saturated carbocycles. The maximum absolute atomic E-state index is 11.9. The Kier molecular flexibility index (Phi) is 5.55. The molecule has 2 aromatic rings. The lowest BCUT2D eigenvalue weighted by Crippen LogP contribution is -2.05. The van der Waals surface area contributed by atoms with Gasteiger partial charge in [-0.05, 0) is 31.5 Å². The maximum Gasteiger partial charge on any atom is 0.177 e. The van der Waals surface area contributed by atoms with Crippen LogP contribution in [-0.2, 0) is 6.61 Å². The normalized spacial score (nSPS) is 10.4. The lowest BCUT2D eigenvalue weighted by atomic mass is 10.1. The van der Waals surface area contributed by atoms with E-state index >= 15 is 0 Å². The molecule has 0 radical (unpaired) electrons. The highest BCUT2D eigenvalue weighted by atomic mass is 79.9. The molecule has 0 amide bonds. The molecule has 1 heterocycles. The van der Waals surface area contributed by atoms with E-state index in [-0.39, 0.29) is 11.1 Å². The summed E-state index contributed by atoms with van der Waals surface area (Å²) < 4.78 is 11.1. The highest BCUT2D eigenvalue weighted by molar-refractivity contribution is 9.09. The first-order valence-corrected chi connectivity index (χ1v) is 7.99. The highest BCUT2D eigenvalue weighted by Crippen LogP contribution is 2.30. The summed E-state index contributed by atoms with van der Waals surface area (Å²) in [6, 6.07) is 7.49. The number of aromatic nitrogens is 1. The van der Waals surface area contributed by atoms with E-state index in [2.05, 4.69) is 20.9 Å². The number of pyridine rings is 1. The van der Waals surface area contributed by atoms with Crippen LogP contribution in [0.1, 0.15) is 27.2 Å². The van der Waals surface area contributed by atoms with Crippen LogP contribution < -0.4 is 9.47 Å². The van der Waals surface area contributed by atoms with Crippen molar-refractivity contribution in [3.05, 3.63) is 52.8 Å². The molecule has 0 aliphatic heterocycles. The Bertz CT molecular complexity index is 668. The van der Waals surface area contributed by atoms with E-state index in [9.17, 15) is 4.79 Å². The van der Waals surface area contributed by atoms with Gasteiger partial charge in [0.1, 0.15) is 18.1 Å². The van der Waals surface area contributed by atoms with Gasteiger partial charge >= 0.3 is 0 Å². The quantitative estimate of drug-likeness (QED) is 0.577. The Morgan fingerprint density at radius 2 is 2.00 bits per heavy atom. The van der Waals surface area contributed by atoms with Gasteiger partial charge in [0, 0.05) is 23.5 Å². The van der Waals surface area contributed by atoms with Crippen LogP contribution in [0, 0.1) is 13.8 Å². The van der Waals surface area contributed by atoms with Crippen molar-refractivity contribution in [2.45, 2.75) is 20.5 Å². The Hall–Kier alpha value is -1.88. The fourth-order valence-electron chi connectivity index (χ4n) is 2.03. The molecule has 2 rings (SSSR count). The Morgan fingerprint density at radius 1 is 1.23 bits per heavy atom. The summed E-state index contributed by atoms with van der Waals surface area (Å²) in [4.78, 5) is 16.1. The molecule has 0 spiro atoms. The van der Waals surface area contributed by atoms with E-state index < -0.39 is 0 Å². The number of benzene rings is 1. The summed E-state index contributed by atoms with van der Waals surface area (Å²) in [5.41, 5.74) is 3.41. The first-order chi connectivity index (χ1) is 10.5. The predicted molar refractivity (Wildman–Crippen MR) is 89.2 cm³/mol. The third-order valence-electron chi connectivity index (χ3n) is 3.29. The molecular formula is C17H18BrNO3. The molecule has 22 heavy (non-hydrogen) atoms. The van der Waals surface area contributed by atoms with Gasteiger partial charge < -0.3 is 9.47 Å². The third-order valence-corrected chi connectivity index (χ3v) is 3.80. The Labute approximate surface area is 138 Å². The largest absolute Gasteiger partial charge is 0.496 e. The monoisotopic (exact) mass is 363 g/mol. The second-order valence-corrected chi connectivity index (χ2v) is 5.53. The van der Waals surface area contributed by atoms with Gasteiger partial charge in [0.15, 0.2) is 5.78 Å². The molecule has 5 heteroatoms. The number of aryl methyl sites for hydroxylation is 2. The smallest absolute Gasteiger partial charge is 0.177 e. The number of methoxy groups -OCH3 is 1. The number of alkyl halides is 1. The average Bonchev–Trinajstić information content (AvgIpc) is 2.54. The Balaban J connectivity index is 2.20. The van der Waals surface area contributed by atoms with Gasteiger partial charge in [-0.3, -0.25) is 9.78 Å². The first kappa shape index (κ1) is 16.5. The van der Waals surface area contributed by atoms with Crippen molar-refractivity contribution < 1.29 is 14.3 Å². The van der Waals surface area contributed by atoms with E-state index in [0.29, 0.717) is 23.7 Å². The summed E-state index contributed by atoms with van der Waals surface area (Å²) in [6.07, 6.45) is 1.80. The predicted octanol–water partition coefficient (Wildman–Crippen LogP) is 3.86. The SMILES string of the molecule is COc1cc(OCc2ccc(C)nc2)c(C)cc1C(=O)CBr. The molecule has 0 atom stereocenters. The number of hydrogen-bond donors (Lipinski definition) is 0. The fourth-order valence-corrected chi connectivity index (χ4v) is 2.33. The number of ether oxygens (including phenoxy) is 2. The van der Waals surface area contributed by atoms with Crippen LogP contribution in [-0.4, -0.2) is 23.2 Å². The zero-order valence-corrected chi connectivity index (χ0v) is 14.4. The molecule has 0 N–H and O–H groups in total. The van der Waals surface area contributed by atoms with E-state index in [0.717, 1.165) is 16.8 Å². The van der Waals surface area contributed by atoms with Crippen molar-refractivity contribution in [3.63, 3.8) is 0 Å². The lowest BCUT2D eigenvalue weighted by molar-refractivity contribution is 0.102. The van der Waals surface area contributed by atoms with Gasteiger partial charge in [0.05, 0.1) is 18.0 Å². The molecule has 0 aliphatic carbocycles. The number of nitrogens with zero attached hydrogens (tertiary/aromatic N) is 1. The molecule has 0 unspecified atom stereocenters. The first-order valence-electron chi connectivity index (χ1n) is 6.87. The topological polar surface area (TPSA) is 48.4 Å². The van der Waals surface area contributed by atoms with Gasteiger partial charge in [-0.15, -0.1) is 0 Å². The number of rotatable bonds is 6. The zero-order valence-electron chi connectivity index (χ0n) is 12.9. The van der Waals surface area contributed by atoms with Crippen LogP contribution in [0.3, 0.4) is 0 Å². The molecule has 0 saturated heterocycles. The van der Waals surface area contributed by atoms with Crippen LogP contribution in [0.15, 0.2) is 30.5 Å². The zero-order chi connectivity index (χ0) is 16.1. The van der Waals surface area contributed by atoms with E-state index in [4.69, 9.17) is 9.47 Å². The van der Waals surface area contributed by atoms with E-state index in [1.54, 1.807) is 25.4 Å².